The van der Waals surface area contributed by atoms with Crippen molar-refractivity contribution in [1.82, 2.24) is 10.4 Å². The zero-order chi connectivity index (χ0) is 9.14. The highest BCUT2D eigenvalue weighted by Gasteiger charge is 2.08. The summed E-state index contributed by atoms with van der Waals surface area (Å²) in [6, 6.07) is 1.64. The van der Waals surface area contributed by atoms with E-state index in [9.17, 15) is 4.79 Å². The average molecular weight is 165 g/mol. The number of carbonyl (C=O) groups is 1. The van der Waals surface area contributed by atoms with E-state index in [1.54, 1.807) is 12.3 Å². The zero-order valence-electron chi connectivity index (χ0n) is 7.09. The summed E-state index contributed by atoms with van der Waals surface area (Å²) in [5.41, 5.74) is 4.36. The van der Waals surface area contributed by atoms with E-state index in [0.717, 1.165) is 11.3 Å². The third-order valence-corrected chi connectivity index (χ3v) is 1.83. The number of hydrazine groups is 1. The van der Waals surface area contributed by atoms with Crippen molar-refractivity contribution in [3.8, 4) is 0 Å². The van der Waals surface area contributed by atoms with Crippen molar-refractivity contribution in [2.75, 3.05) is 0 Å². The van der Waals surface area contributed by atoms with Gasteiger partial charge in [-0.1, -0.05) is 0 Å². The van der Waals surface area contributed by atoms with Crippen molar-refractivity contribution >= 4 is 5.91 Å². The van der Waals surface area contributed by atoms with Gasteiger partial charge in [0.25, 0.3) is 5.91 Å². The van der Waals surface area contributed by atoms with Crippen LogP contribution in [0.15, 0.2) is 12.3 Å². The van der Waals surface area contributed by atoms with E-state index in [0.29, 0.717) is 5.56 Å². The molecule has 12 heavy (non-hydrogen) atoms. The first-order chi connectivity index (χ1) is 5.66. The first kappa shape index (κ1) is 8.67. The van der Waals surface area contributed by atoms with Crippen molar-refractivity contribution in [1.29, 1.82) is 0 Å². The fourth-order valence-corrected chi connectivity index (χ4v) is 0.964. The van der Waals surface area contributed by atoms with Crippen molar-refractivity contribution in [3.63, 3.8) is 0 Å². The predicted molar refractivity (Wildman–Crippen MR) is 45.4 cm³/mol. The Hall–Kier alpha value is -1.42. The van der Waals surface area contributed by atoms with E-state index >= 15 is 0 Å². The van der Waals surface area contributed by atoms with E-state index in [-0.39, 0.29) is 5.91 Å². The average Bonchev–Trinajstić information content (AvgIpc) is 2.08. The summed E-state index contributed by atoms with van der Waals surface area (Å²) in [7, 11) is 0. The molecule has 0 saturated heterocycles. The molecule has 0 fully saturated rings. The molecule has 1 aromatic rings. The van der Waals surface area contributed by atoms with E-state index < -0.39 is 0 Å². The van der Waals surface area contributed by atoms with E-state index in [1.165, 1.54) is 0 Å². The fourth-order valence-electron chi connectivity index (χ4n) is 0.964. The van der Waals surface area contributed by atoms with Gasteiger partial charge in [-0.2, -0.15) is 0 Å². The molecular weight excluding hydrogens is 154 g/mol. The topological polar surface area (TPSA) is 68.0 Å². The van der Waals surface area contributed by atoms with Gasteiger partial charge in [0.1, 0.15) is 0 Å². The molecule has 1 aromatic heterocycles. The van der Waals surface area contributed by atoms with Crippen molar-refractivity contribution in [3.05, 3.63) is 29.1 Å². The summed E-state index contributed by atoms with van der Waals surface area (Å²) in [6.45, 7) is 3.69. The van der Waals surface area contributed by atoms with Crippen LogP contribution in [0.3, 0.4) is 0 Å². The number of nitrogens with one attached hydrogen (secondary N) is 1. The molecule has 0 atom stereocenters. The second kappa shape index (κ2) is 3.32. The third kappa shape index (κ3) is 1.43. The van der Waals surface area contributed by atoms with Gasteiger partial charge in [0.2, 0.25) is 0 Å². The molecule has 0 bridgehead atoms. The van der Waals surface area contributed by atoms with E-state index in [2.05, 4.69) is 10.4 Å². The normalized spacial score (nSPS) is 9.58. The minimum absolute atomic E-state index is 0.280. The molecule has 4 nitrogen and oxygen atoms in total. The van der Waals surface area contributed by atoms with E-state index in [1.807, 2.05) is 13.8 Å². The largest absolute Gasteiger partial charge is 0.290 e. The Morgan fingerprint density at radius 3 is 2.83 bits per heavy atom. The lowest BCUT2D eigenvalue weighted by molar-refractivity contribution is 0.0953. The SMILES string of the molecule is Cc1nccc(C(=O)NN)c1C. The summed E-state index contributed by atoms with van der Waals surface area (Å²) in [5, 5.41) is 0. The molecular formula is C8H11N3O. The quantitative estimate of drug-likeness (QED) is 0.357. The smallest absolute Gasteiger partial charge is 0.265 e. The number of aryl methyl sites for hydroxylation is 1. The van der Waals surface area contributed by atoms with Gasteiger partial charge >= 0.3 is 0 Å². The minimum Gasteiger partial charge on any atom is -0.290 e. The molecule has 0 aliphatic rings. The maximum absolute atomic E-state index is 11.1. The second-order valence-electron chi connectivity index (χ2n) is 2.54. The number of amides is 1. The number of hydrogen-bond acceptors (Lipinski definition) is 3. The Kier molecular flexibility index (Phi) is 2.40. The molecule has 3 N–H and O–H groups in total. The monoisotopic (exact) mass is 165 g/mol. The first-order valence-corrected chi connectivity index (χ1v) is 3.60. The van der Waals surface area contributed by atoms with Crippen LogP contribution in [0.4, 0.5) is 0 Å². The second-order valence-corrected chi connectivity index (χ2v) is 2.54. The van der Waals surface area contributed by atoms with Crippen molar-refractivity contribution in [2.24, 2.45) is 5.84 Å². The van der Waals surface area contributed by atoms with Crippen LogP contribution >= 0.6 is 0 Å². The molecule has 1 heterocycles. The summed E-state index contributed by atoms with van der Waals surface area (Å²) >= 11 is 0. The van der Waals surface area contributed by atoms with Gasteiger partial charge in [-0.15, -0.1) is 0 Å². The van der Waals surface area contributed by atoms with Gasteiger partial charge in [-0.3, -0.25) is 15.2 Å². The van der Waals surface area contributed by atoms with Crippen LogP contribution in [0.2, 0.25) is 0 Å². The molecule has 0 aliphatic carbocycles. The lowest BCUT2D eigenvalue weighted by atomic mass is 10.1. The highest BCUT2D eigenvalue weighted by Crippen LogP contribution is 2.08. The van der Waals surface area contributed by atoms with Gasteiger partial charge in [-0.05, 0) is 25.5 Å². The number of pyridine rings is 1. The molecule has 0 aromatic carbocycles. The lowest BCUT2D eigenvalue weighted by Crippen LogP contribution is -2.30. The number of carbonyl (C=O) groups excluding carboxylic acids is 1. The molecule has 0 spiro atoms. The molecule has 1 rings (SSSR count). The number of nitrogen functional groups attached to an aromatic ring is 1. The molecule has 1 amide bonds. The number of aromatic nitrogens is 1. The van der Waals surface area contributed by atoms with Crippen LogP contribution in [-0.4, -0.2) is 10.9 Å². The lowest BCUT2D eigenvalue weighted by Gasteiger charge is -2.04. The number of nitrogens with two attached hydrogens (primary N) is 1. The zero-order valence-corrected chi connectivity index (χ0v) is 7.09. The first-order valence-electron chi connectivity index (χ1n) is 3.60. The summed E-state index contributed by atoms with van der Waals surface area (Å²) < 4.78 is 0. The van der Waals surface area contributed by atoms with Crippen LogP contribution in [-0.2, 0) is 0 Å². The van der Waals surface area contributed by atoms with E-state index in [4.69, 9.17) is 5.84 Å². The highest BCUT2D eigenvalue weighted by atomic mass is 16.2. The fraction of sp³-hybridized carbons (Fsp3) is 0.250. The number of nitrogens with zero attached hydrogens (tertiary/aromatic N) is 1. The Morgan fingerprint density at radius 2 is 2.25 bits per heavy atom. The Balaban J connectivity index is 3.16. The third-order valence-electron chi connectivity index (χ3n) is 1.83. The highest BCUT2D eigenvalue weighted by molar-refractivity contribution is 5.95. The number of hydrogen-bond donors (Lipinski definition) is 2. The van der Waals surface area contributed by atoms with Crippen LogP contribution in [0, 0.1) is 13.8 Å². The van der Waals surface area contributed by atoms with Crippen molar-refractivity contribution < 1.29 is 4.79 Å². The van der Waals surface area contributed by atoms with Crippen LogP contribution in [0.25, 0.3) is 0 Å². The standard InChI is InChI=1S/C8H11N3O/c1-5-6(2)10-4-3-7(5)8(12)11-9/h3-4H,9H2,1-2H3,(H,11,12). The Labute approximate surface area is 70.8 Å². The van der Waals surface area contributed by atoms with Gasteiger partial charge < -0.3 is 0 Å². The van der Waals surface area contributed by atoms with Crippen molar-refractivity contribution in [2.45, 2.75) is 13.8 Å². The predicted octanol–water partition coefficient (Wildman–Crippen LogP) is 0.302. The summed E-state index contributed by atoms with van der Waals surface area (Å²) in [4.78, 5) is 15.2. The molecule has 64 valence electrons. The Morgan fingerprint density at radius 1 is 1.58 bits per heavy atom. The van der Waals surface area contributed by atoms with Crippen LogP contribution in [0.1, 0.15) is 21.6 Å². The molecule has 0 aliphatic heterocycles. The Bertz CT molecular complexity index is 309. The maximum Gasteiger partial charge on any atom is 0.265 e. The van der Waals surface area contributed by atoms with Gasteiger partial charge in [-0.25, -0.2) is 5.84 Å². The molecule has 4 heteroatoms. The summed E-state index contributed by atoms with van der Waals surface area (Å²) in [6.07, 6.45) is 1.59. The number of rotatable bonds is 1. The molecule has 0 radical (unpaired) electrons. The van der Waals surface area contributed by atoms with Gasteiger partial charge in [0.15, 0.2) is 0 Å². The molecule has 0 saturated carbocycles. The van der Waals surface area contributed by atoms with Gasteiger partial charge in [0, 0.05) is 17.5 Å². The minimum atomic E-state index is -0.280. The van der Waals surface area contributed by atoms with Crippen LogP contribution in [0.5, 0.6) is 0 Å². The molecule has 0 unspecified atom stereocenters. The summed E-state index contributed by atoms with van der Waals surface area (Å²) in [5.74, 6) is 4.72. The van der Waals surface area contributed by atoms with Crippen LogP contribution < -0.4 is 11.3 Å². The maximum atomic E-state index is 11.1. The van der Waals surface area contributed by atoms with Gasteiger partial charge in [0.05, 0.1) is 0 Å².